The second-order valence-electron chi connectivity index (χ2n) is 4.35. The van der Waals surface area contributed by atoms with Crippen LogP contribution in [0.2, 0.25) is 0 Å². The average molecular weight is 255 g/mol. The number of nitrogen functional groups attached to an aromatic ring is 1. The number of hydrogen-bond acceptors (Lipinski definition) is 3. The van der Waals surface area contributed by atoms with Crippen LogP contribution >= 0.6 is 0 Å². The lowest BCUT2D eigenvalue weighted by Gasteiger charge is -2.20. The number of rotatable bonds is 4. The number of hydrazine groups is 1. The van der Waals surface area contributed by atoms with Gasteiger partial charge in [0, 0.05) is 12.7 Å². The number of nitrogens with zero attached hydrogens (tertiary/aromatic N) is 1. The SMILES string of the molecule is CN(NC(=O)Cc1ccc(N)cc1)c1ccccc1. The molecule has 0 aliphatic heterocycles. The van der Waals surface area contributed by atoms with Gasteiger partial charge in [-0.2, -0.15) is 0 Å². The lowest BCUT2D eigenvalue weighted by Crippen LogP contribution is -2.40. The molecule has 1 amide bonds. The molecule has 19 heavy (non-hydrogen) atoms. The van der Waals surface area contributed by atoms with E-state index in [2.05, 4.69) is 5.43 Å². The van der Waals surface area contributed by atoms with Crippen molar-refractivity contribution in [2.75, 3.05) is 17.8 Å². The van der Waals surface area contributed by atoms with Crippen molar-refractivity contribution >= 4 is 17.3 Å². The third kappa shape index (κ3) is 3.74. The van der Waals surface area contributed by atoms with Gasteiger partial charge in [-0.25, -0.2) is 0 Å². The number of anilines is 2. The van der Waals surface area contributed by atoms with Crippen molar-refractivity contribution in [3.63, 3.8) is 0 Å². The number of carbonyl (C=O) groups is 1. The van der Waals surface area contributed by atoms with E-state index in [-0.39, 0.29) is 5.91 Å². The summed E-state index contributed by atoms with van der Waals surface area (Å²) in [6.45, 7) is 0. The van der Waals surface area contributed by atoms with Crippen molar-refractivity contribution in [3.05, 3.63) is 60.2 Å². The highest BCUT2D eigenvalue weighted by atomic mass is 16.2. The Morgan fingerprint density at radius 3 is 2.37 bits per heavy atom. The molecule has 0 radical (unpaired) electrons. The summed E-state index contributed by atoms with van der Waals surface area (Å²) >= 11 is 0. The fourth-order valence-electron chi connectivity index (χ4n) is 1.76. The molecule has 0 unspecified atom stereocenters. The number of para-hydroxylation sites is 1. The summed E-state index contributed by atoms with van der Waals surface area (Å²) in [6, 6.07) is 17.0. The van der Waals surface area contributed by atoms with Crippen LogP contribution in [0.1, 0.15) is 5.56 Å². The Morgan fingerprint density at radius 1 is 1.11 bits per heavy atom. The second-order valence-corrected chi connectivity index (χ2v) is 4.35. The Hall–Kier alpha value is -2.49. The number of amides is 1. The topological polar surface area (TPSA) is 58.4 Å². The molecule has 4 nitrogen and oxygen atoms in total. The van der Waals surface area contributed by atoms with Gasteiger partial charge in [0.1, 0.15) is 0 Å². The highest BCUT2D eigenvalue weighted by Gasteiger charge is 2.06. The zero-order valence-corrected chi connectivity index (χ0v) is 10.8. The van der Waals surface area contributed by atoms with Gasteiger partial charge in [-0.05, 0) is 29.8 Å². The summed E-state index contributed by atoms with van der Waals surface area (Å²) in [7, 11) is 1.82. The summed E-state index contributed by atoms with van der Waals surface area (Å²) in [5, 5.41) is 1.71. The van der Waals surface area contributed by atoms with Crippen LogP contribution in [0.25, 0.3) is 0 Å². The number of benzene rings is 2. The molecule has 0 fully saturated rings. The fourth-order valence-corrected chi connectivity index (χ4v) is 1.76. The molecular weight excluding hydrogens is 238 g/mol. The van der Waals surface area contributed by atoms with E-state index in [0.29, 0.717) is 12.1 Å². The molecule has 4 heteroatoms. The van der Waals surface area contributed by atoms with E-state index >= 15 is 0 Å². The molecule has 2 aromatic carbocycles. The number of carbonyl (C=O) groups excluding carboxylic acids is 1. The van der Waals surface area contributed by atoms with Gasteiger partial charge in [-0.3, -0.25) is 15.2 Å². The predicted octanol–water partition coefficient (Wildman–Crippen LogP) is 1.98. The smallest absolute Gasteiger partial charge is 0.242 e. The van der Waals surface area contributed by atoms with Crippen LogP contribution in [-0.2, 0) is 11.2 Å². The van der Waals surface area contributed by atoms with Gasteiger partial charge in [0.2, 0.25) is 5.91 Å². The number of nitrogens with one attached hydrogen (secondary N) is 1. The normalized spacial score (nSPS) is 9.95. The average Bonchev–Trinajstić information content (AvgIpc) is 2.42. The molecule has 0 heterocycles. The van der Waals surface area contributed by atoms with Crippen molar-refractivity contribution in [1.29, 1.82) is 0 Å². The molecule has 0 aliphatic carbocycles. The monoisotopic (exact) mass is 255 g/mol. The van der Waals surface area contributed by atoms with Crippen molar-refractivity contribution in [1.82, 2.24) is 5.43 Å². The molecule has 0 aromatic heterocycles. The Kier molecular flexibility index (Phi) is 4.03. The summed E-state index contributed by atoms with van der Waals surface area (Å²) in [6.07, 6.45) is 0.331. The van der Waals surface area contributed by atoms with E-state index < -0.39 is 0 Å². The highest BCUT2D eigenvalue weighted by Crippen LogP contribution is 2.09. The molecule has 0 saturated heterocycles. The maximum atomic E-state index is 11.9. The number of nitrogens with two attached hydrogens (primary N) is 1. The summed E-state index contributed by atoms with van der Waals surface area (Å²) in [5.74, 6) is -0.0591. The zero-order valence-electron chi connectivity index (χ0n) is 10.8. The first-order chi connectivity index (χ1) is 9.15. The maximum absolute atomic E-state index is 11.9. The molecule has 0 spiro atoms. The van der Waals surface area contributed by atoms with Crippen molar-refractivity contribution in [2.24, 2.45) is 0 Å². The first-order valence-electron chi connectivity index (χ1n) is 6.08. The molecule has 0 saturated carbocycles. The minimum Gasteiger partial charge on any atom is -0.399 e. The quantitative estimate of drug-likeness (QED) is 0.648. The standard InChI is InChI=1S/C15H17N3O/c1-18(14-5-3-2-4-6-14)17-15(19)11-12-7-9-13(16)10-8-12/h2-10H,11,16H2,1H3,(H,17,19). The van der Waals surface area contributed by atoms with Gasteiger partial charge in [0.25, 0.3) is 0 Å². The fraction of sp³-hybridized carbons (Fsp3) is 0.133. The Morgan fingerprint density at radius 2 is 1.74 bits per heavy atom. The van der Waals surface area contributed by atoms with Gasteiger partial charge in [0.15, 0.2) is 0 Å². The summed E-state index contributed by atoms with van der Waals surface area (Å²) in [5.41, 5.74) is 11.0. The van der Waals surface area contributed by atoms with E-state index in [1.165, 1.54) is 0 Å². The van der Waals surface area contributed by atoms with Gasteiger partial charge >= 0.3 is 0 Å². The highest BCUT2D eigenvalue weighted by molar-refractivity contribution is 5.80. The summed E-state index contributed by atoms with van der Waals surface area (Å²) in [4.78, 5) is 11.9. The minimum atomic E-state index is -0.0591. The van der Waals surface area contributed by atoms with Crippen molar-refractivity contribution in [2.45, 2.75) is 6.42 Å². The Bertz CT molecular complexity index is 537. The minimum absolute atomic E-state index is 0.0591. The first kappa shape index (κ1) is 13.0. The van der Waals surface area contributed by atoms with E-state index in [4.69, 9.17) is 5.73 Å². The molecule has 98 valence electrons. The third-order valence-electron chi connectivity index (χ3n) is 2.78. The van der Waals surface area contributed by atoms with Crippen LogP contribution in [0.4, 0.5) is 11.4 Å². The second kappa shape index (κ2) is 5.91. The van der Waals surface area contributed by atoms with Crippen LogP contribution in [0.5, 0.6) is 0 Å². The van der Waals surface area contributed by atoms with E-state index in [0.717, 1.165) is 11.3 Å². The molecule has 0 atom stereocenters. The zero-order chi connectivity index (χ0) is 13.7. The van der Waals surface area contributed by atoms with Crippen molar-refractivity contribution in [3.8, 4) is 0 Å². The van der Waals surface area contributed by atoms with Gasteiger partial charge in [-0.15, -0.1) is 0 Å². The van der Waals surface area contributed by atoms with Gasteiger partial charge in [-0.1, -0.05) is 30.3 Å². The van der Waals surface area contributed by atoms with Crippen molar-refractivity contribution < 1.29 is 4.79 Å². The van der Waals surface area contributed by atoms with Crippen LogP contribution in [0.3, 0.4) is 0 Å². The van der Waals surface area contributed by atoms with Crippen LogP contribution in [-0.4, -0.2) is 13.0 Å². The molecule has 3 N–H and O–H groups in total. The third-order valence-corrected chi connectivity index (χ3v) is 2.78. The maximum Gasteiger partial charge on any atom is 0.242 e. The Balaban J connectivity index is 1.93. The Labute approximate surface area is 112 Å². The molecule has 0 aliphatic rings. The van der Waals surface area contributed by atoms with Crippen LogP contribution in [0, 0.1) is 0 Å². The van der Waals surface area contributed by atoms with E-state index in [9.17, 15) is 4.79 Å². The summed E-state index contributed by atoms with van der Waals surface area (Å²) < 4.78 is 0. The van der Waals surface area contributed by atoms with E-state index in [1.807, 2.05) is 49.5 Å². The van der Waals surface area contributed by atoms with Gasteiger partial charge < -0.3 is 5.73 Å². The predicted molar refractivity (Wildman–Crippen MR) is 77.5 cm³/mol. The molecular formula is C15H17N3O. The lowest BCUT2D eigenvalue weighted by molar-refractivity contribution is -0.120. The van der Waals surface area contributed by atoms with Gasteiger partial charge in [0.05, 0.1) is 12.1 Å². The van der Waals surface area contributed by atoms with E-state index in [1.54, 1.807) is 17.1 Å². The largest absolute Gasteiger partial charge is 0.399 e. The van der Waals surface area contributed by atoms with Crippen LogP contribution < -0.4 is 16.2 Å². The number of hydrogen-bond donors (Lipinski definition) is 2. The lowest BCUT2D eigenvalue weighted by atomic mass is 10.1. The van der Waals surface area contributed by atoms with Crippen LogP contribution in [0.15, 0.2) is 54.6 Å². The molecule has 2 aromatic rings. The molecule has 2 rings (SSSR count). The first-order valence-corrected chi connectivity index (χ1v) is 6.08. The molecule has 0 bridgehead atoms.